The molecule has 1 aliphatic heterocycles. The fourth-order valence-electron chi connectivity index (χ4n) is 1.94. The molecule has 1 saturated carbocycles. The van der Waals surface area contributed by atoms with Gasteiger partial charge in [-0.1, -0.05) is 0 Å². The summed E-state index contributed by atoms with van der Waals surface area (Å²) in [6.07, 6.45) is 1.49. The van der Waals surface area contributed by atoms with Crippen LogP contribution in [-0.2, 0) is 9.47 Å². The molecule has 0 aromatic rings. The average molecular weight is 158 g/mol. The number of hydrogen-bond acceptors (Lipinski definition) is 3. The highest BCUT2D eigenvalue weighted by Gasteiger charge is 2.46. The zero-order chi connectivity index (χ0) is 8.06. The van der Waals surface area contributed by atoms with Crippen LogP contribution in [0, 0.1) is 0 Å². The standard InChI is InChI=1S/C8H14O3/c1-8(2)10-6-3-5(9)4-7(6)11-8/h5-7,9H,3-4H2,1-2H3. The predicted octanol–water partition coefficient (Wildman–Crippen LogP) is 0.661. The first-order valence-corrected chi connectivity index (χ1v) is 4.10. The van der Waals surface area contributed by atoms with Gasteiger partial charge >= 0.3 is 0 Å². The van der Waals surface area contributed by atoms with Crippen molar-refractivity contribution in [3.8, 4) is 0 Å². The lowest BCUT2D eigenvalue weighted by molar-refractivity contribution is -0.156. The summed E-state index contributed by atoms with van der Waals surface area (Å²) in [7, 11) is 0. The average Bonchev–Trinajstić information content (AvgIpc) is 2.17. The Balaban J connectivity index is 2.04. The van der Waals surface area contributed by atoms with Crippen molar-refractivity contribution < 1.29 is 14.6 Å². The summed E-state index contributed by atoms with van der Waals surface area (Å²) in [5, 5.41) is 9.25. The molecule has 0 radical (unpaired) electrons. The Morgan fingerprint density at radius 3 is 2.09 bits per heavy atom. The molecule has 2 rings (SSSR count). The fraction of sp³-hybridized carbons (Fsp3) is 1.00. The molecule has 1 aliphatic carbocycles. The van der Waals surface area contributed by atoms with Gasteiger partial charge in [-0.2, -0.15) is 0 Å². The normalized spacial score (nSPS) is 47.7. The van der Waals surface area contributed by atoms with Crippen molar-refractivity contribution >= 4 is 0 Å². The van der Waals surface area contributed by atoms with Crippen LogP contribution in [0.2, 0.25) is 0 Å². The summed E-state index contributed by atoms with van der Waals surface area (Å²) in [6.45, 7) is 3.83. The Kier molecular flexibility index (Phi) is 1.50. The molecule has 3 heteroatoms. The number of aliphatic hydroxyl groups is 1. The van der Waals surface area contributed by atoms with E-state index in [1.807, 2.05) is 13.8 Å². The van der Waals surface area contributed by atoms with Crippen LogP contribution in [0.25, 0.3) is 0 Å². The van der Waals surface area contributed by atoms with Gasteiger partial charge in [-0.05, 0) is 13.8 Å². The molecule has 2 aliphatic rings. The Morgan fingerprint density at radius 1 is 1.18 bits per heavy atom. The molecule has 11 heavy (non-hydrogen) atoms. The Hall–Kier alpha value is -0.120. The molecule has 64 valence electrons. The maximum atomic E-state index is 9.25. The van der Waals surface area contributed by atoms with Gasteiger partial charge in [0.05, 0.1) is 18.3 Å². The highest BCUT2D eigenvalue weighted by molar-refractivity contribution is 4.91. The van der Waals surface area contributed by atoms with Crippen LogP contribution in [0.3, 0.4) is 0 Å². The Labute approximate surface area is 66.3 Å². The molecule has 2 fully saturated rings. The van der Waals surface area contributed by atoms with E-state index in [2.05, 4.69) is 0 Å². The van der Waals surface area contributed by atoms with E-state index in [0.717, 1.165) is 12.8 Å². The van der Waals surface area contributed by atoms with Gasteiger partial charge in [-0.3, -0.25) is 0 Å². The van der Waals surface area contributed by atoms with Crippen molar-refractivity contribution in [2.45, 2.75) is 50.8 Å². The second-order valence-electron chi connectivity index (χ2n) is 3.84. The monoisotopic (exact) mass is 158 g/mol. The molecule has 1 saturated heterocycles. The lowest BCUT2D eigenvalue weighted by Crippen LogP contribution is -2.23. The molecule has 0 amide bonds. The maximum absolute atomic E-state index is 9.25. The van der Waals surface area contributed by atoms with E-state index in [1.54, 1.807) is 0 Å². The van der Waals surface area contributed by atoms with Crippen LogP contribution in [-0.4, -0.2) is 29.2 Å². The van der Waals surface area contributed by atoms with Gasteiger partial charge < -0.3 is 14.6 Å². The number of fused-ring (bicyclic) bond motifs is 1. The van der Waals surface area contributed by atoms with Crippen LogP contribution in [0.4, 0.5) is 0 Å². The third kappa shape index (κ3) is 1.28. The zero-order valence-corrected chi connectivity index (χ0v) is 6.91. The molecular weight excluding hydrogens is 144 g/mol. The van der Waals surface area contributed by atoms with E-state index in [9.17, 15) is 5.11 Å². The largest absolute Gasteiger partial charge is 0.393 e. The summed E-state index contributed by atoms with van der Waals surface area (Å²) in [5.74, 6) is -0.435. The lowest BCUT2D eigenvalue weighted by atomic mass is 10.3. The highest BCUT2D eigenvalue weighted by Crippen LogP contribution is 2.37. The van der Waals surface area contributed by atoms with E-state index in [4.69, 9.17) is 9.47 Å². The van der Waals surface area contributed by atoms with Crippen LogP contribution in [0.15, 0.2) is 0 Å². The zero-order valence-electron chi connectivity index (χ0n) is 6.91. The van der Waals surface area contributed by atoms with Crippen molar-refractivity contribution in [1.29, 1.82) is 0 Å². The molecule has 0 aromatic carbocycles. The maximum Gasteiger partial charge on any atom is 0.163 e. The summed E-state index contributed by atoms with van der Waals surface area (Å²) < 4.78 is 11.1. The molecule has 0 aromatic heterocycles. The molecule has 2 atom stereocenters. The van der Waals surface area contributed by atoms with E-state index < -0.39 is 5.79 Å². The molecule has 2 unspecified atom stereocenters. The van der Waals surface area contributed by atoms with Gasteiger partial charge in [-0.15, -0.1) is 0 Å². The van der Waals surface area contributed by atoms with E-state index in [1.165, 1.54) is 0 Å². The molecule has 0 bridgehead atoms. The van der Waals surface area contributed by atoms with Gasteiger partial charge in [0.15, 0.2) is 5.79 Å². The van der Waals surface area contributed by atoms with Gasteiger partial charge in [0.1, 0.15) is 0 Å². The topological polar surface area (TPSA) is 38.7 Å². The third-order valence-corrected chi connectivity index (χ3v) is 2.29. The van der Waals surface area contributed by atoms with Gasteiger partial charge in [0.2, 0.25) is 0 Å². The van der Waals surface area contributed by atoms with Crippen LogP contribution >= 0.6 is 0 Å². The number of ether oxygens (including phenoxy) is 2. The van der Waals surface area contributed by atoms with Gasteiger partial charge in [-0.25, -0.2) is 0 Å². The number of aliphatic hydroxyl groups excluding tert-OH is 1. The first-order chi connectivity index (χ1) is 5.07. The predicted molar refractivity (Wildman–Crippen MR) is 39.1 cm³/mol. The molecular formula is C8H14O3. The smallest absolute Gasteiger partial charge is 0.163 e. The van der Waals surface area contributed by atoms with Gasteiger partial charge in [0.25, 0.3) is 0 Å². The molecule has 1 N–H and O–H groups in total. The highest BCUT2D eigenvalue weighted by atomic mass is 16.8. The molecule has 0 spiro atoms. The van der Waals surface area contributed by atoms with E-state index in [0.29, 0.717) is 0 Å². The second-order valence-corrected chi connectivity index (χ2v) is 3.84. The van der Waals surface area contributed by atoms with Gasteiger partial charge in [0, 0.05) is 12.8 Å². The lowest BCUT2D eigenvalue weighted by Gasteiger charge is -2.18. The number of hydrogen-bond donors (Lipinski definition) is 1. The minimum Gasteiger partial charge on any atom is -0.393 e. The summed E-state index contributed by atoms with van der Waals surface area (Å²) in [4.78, 5) is 0. The summed E-state index contributed by atoms with van der Waals surface area (Å²) in [6, 6.07) is 0. The van der Waals surface area contributed by atoms with Crippen molar-refractivity contribution in [3.05, 3.63) is 0 Å². The minimum atomic E-state index is -0.435. The molecule has 1 heterocycles. The fourth-order valence-corrected chi connectivity index (χ4v) is 1.94. The Bertz CT molecular complexity index is 151. The quantitative estimate of drug-likeness (QED) is 0.563. The van der Waals surface area contributed by atoms with Crippen LogP contribution in [0.1, 0.15) is 26.7 Å². The van der Waals surface area contributed by atoms with Crippen molar-refractivity contribution in [1.82, 2.24) is 0 Å². The second kappa shape index (κ2) is 2.19. The minimum absolute atomic E-state index is 0.125. The SMILES string of the molecule is CC1(C)OC2CC(O)CC2O1. The Morgan fingerprint density at radius 2 is 1.64 bits per heavy atom. The van der Waals surface area contributed by atoms with E-state index in [-0.39, 0.29) is 18.3 Å². The number of rotatable bonds is 0. The first kappa shape index (κ1) is 7.53. The summed E-state index contributed by atoms with van der Waals surface area (Å²) in [5.41, 5.74) is 0. The van der Waals surface area contributed by atoms with Crippen LogP contribution < -0.4 is 0 Å². The third-order valence-electron chi connectivity index (χ3n) is 2.29. The molecule has 3 nitrogen and oxygen atoms in total. The first-order valence-electron chi connectivity index (χ1n) is 4.10. The van der Waals surface area contributed by atoms with Crippen LogP contribution in [0.5, 0.6) is 0 Å². The van der Waals surface area contributed by atoms with Crippen molar-refractivity contribution in [2.24, 2.45) is 0 Å². The summed E-state index contributed by atoms with van der Waals surface area (Å²) >= 11 is 0. The van der Waals surface area contributed by atoms with E-state index >= 15 is 0 Å². The van der Waals surface area contributed by atoms with Crippen molar-refractivity contribution in [3.63, 3.8) is 0 Å². The van der Waals surface area contributed by atoms with Crippen molar-refractivity contribution in [2.75, 3.05) is 0 Å².